The van der Waals surface area contributed by atoms with E-state index in [1.54, 1.807) is 24.4 Å². The first-order valence-corrected chi connectivity index (χ1v) is 11.2. The minimum absolute atomic E-state index is 0.0266. The monoisotopic (exact) mass is 411 g/mol. The van der Waals surface area contributed by atoms with Crippen LogP contribution in [-0.2, 0) is 15.8 Å². The first kappa shape index (κ1) is 19.7. The average molecular weight is 412 g/mol. The van der Waals surface area contributed by atoms with Crippen LogP contribution < -0.4 is 0 Å². The third-order valence-electron chi connectivity index (χ3n) is 5.21. The van der Waals surface area contributed by atoms with Gasteiger partial charge in [-0.3, -0.25) is 9.97 Å². The molecule has 1 aliphatic rings. The molecule has 0 bridgehead atoms. The highest BCUT2D eigenvalue weighted by atomic mass is 32.2. The molecule has 0 aliphatic carbocycles. The second-order valence-electron chi connectivity index (χ2n) is 7.21. The molecule has 0 radical (unpaired) electrons. The topological polar surface area (TPSA) is 63.2 Å². The maximum absolute atomic E-state index is 14.4. The van der Waals surface area contributed by atoms with Gasteiger partial charge in [0, 0.05) is 37.0 Å². The molecule has 0 N–H and O–H groups in total. The Hall–Kier alpha value is -2.64. The van der Waals surface area contributed by atoms with Crippen LogP contribution in [0, 0.1) is 5.82 Å². The van der Waals surface area contributed by atoms with Crippen molar-refractivity contribution in [1.82, 2.24) is 14.3 Å². The minimum atomic E-state index is -3.45. The van der Waals surface area contributed by atoms with Crippen LogP contribution in [0.2, 0.25) is 0 Å². The lowest BCUT2D eigenvalue weighted by Gasteiger charge is -2.32. The van der Waals surface area contributed by atoms with E-state index in [1.165, 1.54) is 16.6 Å². The van der Waals surface area contributed by atoms with Crippen LogP contribution in [0.3, 0.4) is 0 Å². The molecule has 1 aromatic heterocycles. The fourth-order valence-corrected chi connectivity index (χ4v) is 5.41. The summed E-state index contributed by atoms with van der Waals surface area (Å²) in [5.74, 6) is -0.516. The van der Waals surface area contributed by atoms with Gasteiger partial charge in [0.2, 0.25) is 10.0 Å². The Kier molecular flexibility index (Phi) is 5.69. The molecule has 1 saturated heterocycles. The van der Waals surface area contributed by atoms with E-state index in [9.17, 15) is 12.8 Å². The van der Waals surface area contributed by atoms with E-state index in [0.29, 0.717) is 30.0 Å². The highest BCUT2D eigenvalue weighted by Crippen LogP contribution is 2.33. The lowest BCUT2D eigenvalue weighted by atomic mass is 9.92. The van der Waals surface area contributed by atoms with Crippen LogP contribution >= 0.6 is 0 Å². The minimum Gasteiger partial charge on any atom is -0.257 e. The molecule has 3 aromatic rings. The van der Waals surface area contributed by atoms with Crippen molar-refractivity contribution in [1.29, 1.82) is 0 Å². The summed E-state index contributed by atoms with van der Waals surface area (Å²) >= 11 is 0. The predicted molar refractivity (Wildman–Crippen MR) is 110 cm³/mol. The molecule has 29 heavy (non-hydrogen) atoms. The standard InChI is InChI=1S/C22H22FN3O2S/c23-20-11-5-4-10-19(20)22-21(24-12-13-25-22)18-9-6-14-26(15-18)29(27,28)16-17-7-2-1-3-8-17/h1-5,7-8,10-13,18H,6,9,14-16H2. The lowest BCUT2D eigenvalue weighted by Crippen LogP contribution is -2.40. The summed E-state index contributed by atoms with van der Waals surface area (Å²) in [4.78, 5) is 8.84. The molecule has 1 unspecified atom stereocenters. The second kappa shape index (κ2) is 8.39. The van der Waals surface area contributed by atoms with Crippen LogP contribution in [0.1, 0.15) is 30.0 Å². The van der Waals surface area contributed by atoms with Crippen LogP contribution in [0.5, 0.6) is 0 Å². The summed E-state index contributed by atoms with van der Waals surface area (Å²) in [7, 11) is -3.45. The molecule has 1 fully saturated rings. The molecule has 0 amide bonds. The fraction of sp³-hybridized carbons (Fsp3) is 0.273. The zero-order chi connectivity index (χ0) is 20.3. The Morgan fingerprint density at radius 2 is 1.72 bits per heavy atom. The molecular formula is C22H22FN3O2S. The summed E-state index contributed by atoms with van der Waals surface area (Å²) in [6.07, 6.45) is 4.64. The average Bonchev–Trinajstić information content (AvgIpc) is 2.75. The van der Waals surface area contributed by atoms with Gasteiger partial charge in [0.15, 0.2) is 0 Å². The zero-order valence-corrected chi connectivity index (χ0v) is 16.7. The van der Waals surface area contributed by atoms with Gasteiger partial charge in [-0.25, -0.2) is 17.1 Å². The quantitative estimate of drug-likeness (QED) is 0.637. The summed E-state index contributed by atoms with van der Waals surface area (Å²) in [6, 6.07) is 15.6. The lowest BCUT2D eigenvalue weighted by molar-refractivity contribution is 0.312. The van der Waals surface area contributed by atoms with Crippen molar-refractivity contribution in [2.24, 2.45) is 0 Å². The van der Waals surface area contributed by atoms with E-state index in [0.717, 1.165) is 18.4 Å². The van der Waals surface area contributed by atoms with E-state index in [1.807, 2.05) is 30.3 Å². The van der Waals surface area contributed by atoms with Gasteiger partial charge in [-0.2, -0.15) is 0 Å². The van der Waals surface area contributed by atoms with Gasteiger partial charge >= 0.3 is 0 Å². The van der Waals surface area contributed by atoms with Gasteiger partial charge < -0.3 is 0 Å². The van der Waals surface area contributed by atoms with Crippen molar-refractivity contribution in [3.8, 4) is 11.3 Å². The normalized spacial score (nSPS) is 17.9. The third-order valence-corrected chi connectivity index (χ3v) is 7.03. The number of rotatable bonds is 5. The summed E-state index contributed by atoms with van der Waals surface area (Å²) in [5, 5.41) is 0. The van der Waals surface area contributed by atoms with Crippen molar-refractivity contribution < 1.29 is 12.8 Å². The Bertz CT molecular complexity index is 1090. The maximum atomic E-state index is 14.4. The molecule has 0 saturated carbocycles. The van der Waals surface area contributed by atoms with Crippen LogP contribution in [0.25, 0.3) is 11.3 Å². The smallest absolute Gasteiger partial charge is 0.218 e. The number of hydrogen-bond acceptors (Lipinski definition) is 4. The van der Waals surface area contributed by atoms with Gasteiger partial charge in [-0.05, 0) is 30.5 Å². The molecule has 7 heteroatoms. The number of halogens is 1. The third kappa shape index (κ3) is 4.36. The number of sulfonamides is 1. The highest BCUT2D eigenvalue weighted by Gasteiger charge is 2.32. The van der Waals surface area contributed by atoms with Gasteiger partial charge in [-0.1, -0.05) is 42.5 Å². The Morgan fingerprint density at radius 3 is 2.52 bits per heavy atom. The number of hydrogen-bond donors (Lipinski definition) is 0. The van der Waals surface area contributed by atoms with Gasteiger partial charge in [-0.15, -0.1) is 0 Å². The maximum Gasteiger partial charge on any atom is 0.218 e. The second-order valence-corrected chi connectivity index (χ2v) is 9.18. The summed E-state index contributed by atoms with van der Waals surface area (Å²) in [5.41, 5.74) is 2.29. The van der Waals surface area contributed by atoms with Crippen molar-refractivity contribution in [3.63, 3.8) is 0 Å². The van der Waals surface area contributed by atoms with Gasteiger partial charge in [0.05, 0.1) is 17.1 Å². The Balaban J connectivity index is 1.61. The van der Waals surface area contributed by atoms with Crippen molar-refractivity contribution >= 4 is 10.0 Å². The summed E-state index contributed by atoms with van der Waals surface area (Å²) in [6.45, 7) is 0.816. The van der Waals surface area contributed by atoms with E-state index in [2.05, 4.69) is 9.97 Å². The van der Waals surface area contributed by atoms with Crippen LogP contribution in [0.15, 0.2) is 67.0 Å². The molecular weight excluding hydrogens is 389 g/mol. The van der Waals surface area contributed by atoms with Crippen LogP contribution in [0.4, 0.5) is 4.39 Å². The SMILES string of the molecule is O=S(=O)(Cc1ccccc1)N1CCCC(c2nccnc2-c2ccccc2F)C1. The molecule has 4 rings (SSSR count). The van der Waals surface area contributed by atoms with Gasteiger partial charge in [0.25, 0.3) is 0 Å². The first-order chi connectivity index (χ1) is 14.0. The number of benzene rings is 2. The van der Waals surface area contributed by atoms with Crippen molar-refractivity contribution in [2.45, 2.75) is 24.5 Å². The zero-order valence-electron chi connectivity index (χ0n) is 15.9. The molecule has 2 aromatic carbocycles. The Morgan fingerprint density at radius 1 is 1.00 bits per heavy atom. The van der Waals surface area contributed by atoms with Crippen LogP contribution in [-0.4, -0.2) is 35.8 Å². The molecule has 1 aliphatic heterocycles. The Labute approximate surface area is 170 Å². The van der Waals surface area contributed by atoms with E-state index < -0.39 is 10.0 Å². The summed E-state index contributed by atoms with van der Waals surface area (Å²) < 4.78 is 41.8. The largest absolute Gasteiger partial charge is 0.257 e. The molecule has 150 valence electrons. The predicted octanol–water partition coefficient (Wildman–Crippen LogP) is 3.99. The molecule has 0 spiro atoms. The van der Waals surface area contributed by atoms with Gasteiger partial charge in [0.1, 0.15) is 5.82 Å². The van der Waals surface area contributed by atoms with E-state index in [4.69, 9.17) is 0 Å². The molecule has 2 heterocycles. The van der Waals surface area contributed by atoms with E-state index >= 15 is 0 Å². The van der Waals surface area contributed by atoms with Crippen molar-refractivity contribution in [3.05, 3.63) is 84.1 Å². The van der Waals surface area contributed by atoms with E-state index in [-0.39, 0.29) is 17.5 Å². The molecule has 1 atom stereocenters. The van der Waals surface area contributed by atoms with Crippen molar-refractivity contribution in [2.75, 3.05) is 13.1 Å². The number of piperidine rings is 1. The number of nitrogens with zero attached hydrogens (tertiary/aromatic N) is 3. The first-order valence-electron chi connectivity index (χ1n) is 9.62. The highest BCUT2D eigenvalue weighted by molar-refractivity contribution is 7.88. The fourth-order valence-electron chi connectivity index (χ4n) is 3.80. The number of aromatic nitrogens is 2. The molecule has 5 nitrogen and oxygen atoms in total.